The van der Waals surface area contributed by atoms with Gasteiger partial charge in [0, 0.05) is 22.8 Å². The number of ether oxygens (including phenoxy) is 2. The average molecular weight is 600 g/mol. The number of benzene rings is 4. The molecule has 1 N–H and O–H groups in total. The Kier molecular flexibility index (Phi) is 7.45. The van der Waals surface area contributed by atoms with Crippen molar-refractivity contribution in [2.75, 3.05) is 12.4 Å². The average Bonchev–Trinajstić information content (AvgIpc) is 3.46. The fourth-order valence-electron chi connectivity index (χ4n) is 5.48. The van der Waals surface area contributed by atoms with Crippen LogP contribution in [0.25, 0.3) is 0 Å². The van der Waals surface area contributed by atoms with E-state index in [0.717, 1.165) is 27.7 Å². The molecule has 196 valence electrons. The molecule has 3 atom stereocenters. The van der Waals surface area contributed by atoms with Crippen LogP contribution in [0.4, 0.5) is 11.4 Å². The number of hydrogen-bond donors (Lipinski definition) is 1. The second-order valence-corrected chi connectivity index (χ2v) is 11.2. The molecule has 0 spiro atoms. The van der Waals surface area contributed by atoms with Crippen LogP contribution in [0, 0.1) is 5.92 Å². The van der Waals surface area contributed by atoms with Gasteiger partial charge in [0.2, 0.25) is 0 Å². The highest BCUT2D eigenvalue weighted by molar-refractivity contribution is 9.10. The molecule has 1 aliphatic carbocycles. The predicted molar refractivity (Wildman–Crippen MR) is 163 cm³/mol. The summed E-state index contributed by atoms with van der Waals surface area (Å²) in [5, 5.41) is 4.49. The summed E-state index contributed by atoms with van der Waals surface area (Å²) in [6, 6.07) is 29.0. The minimum absolute atomic E-state index is 0.276. The van der Waals surface area contributed by atoms with Crippen LogP contribution in [-0.2, 0) is 6.61 Å². The van der Waals surface area contributed by atoms with Crippen LogP contribution in [0.3, 0.4) is 0 Å². The largest absolute Gasteiger partial charge is 0.493 e. The fraction of sp³-hybridized carbons (Fsp3) is 0.182. The maximum atomic E-state index is 6.06. The molecule has 0 saturated carbocycles. The Morgan fingerprint density at radius 2 is 1.82 bits per heavy atom. The van der Waals surface area contributed by atoms with Gasteiger partial charge in [-0.3, -0.25) is 4.99 Å². The summed E-state index contributed by atoms with van der Waals surface area (Å²) in [4.78, 5) is 4.73. The third-order valence-electron chi connectivity index (χ3n) is 7.44. The highest BCUT2D eigenvalue weighted by Gasteiger charge is 2.37. The number of hydrogen-bond acceptors (Lipinski definition) is 4. The molecule has 0 bridgehead atoms. The highest BCUT2D eigenvalue weighted by Crippen LogP contribution is 2.49. The zero-order valence-corrected chi connectivity index (χ0v) is 23.8. The number of methoxy groups -OCH3 is 1. The van der Waals surface area contributed by atoms with Crippen LogP contribution < -0.4 is 14.8 Å². The van der Waals surface area contributed by atoms with E-state index in [9.17, 15) is 0 Å². The van der Waals surface area contributed by atoms with Gasteiger partial charge in [-0.1, -0.05) is 66.2 Å². The lowest BCUT2D eigenvalue weighted by atomic mass is 9.77. The zero-order chi connectivity index (χ0) is 26.8. The second-order valence-electron chi connectivity index (χ2n) is 9.86. The van der Waals surface area contributed by atoms with Crippen molar-refractivity contribution in [3.63, 3.8) is 0 Å². The SMILES string of the molecule is COc1cc(C=Nc2ccc([C@@H]3Nc4ccccc4[C@H]4C=CC[C@H]43)cc2)cc(Br)c1OCc1ccc(Cl)cc1. The van der Waals surface area contributed by atoms with E-state index in [1.54, 1.807) is 7.11 Å². The lowest BCUT2D eigenvalue weighted by molar-refractivity contribution is 0.282. The topological polar surface area (TPSA) is 42.8 Å². The number of fused-ring (bicyclic) bond motifs is 3. The van der Waals surface area contributed by atoms with Crippen molar-refractivity contribution in [1.82, 2.24) is 0 Å². The van der Waals surface area contributed by atoms with Gasteiger partial charge in [-0.2, -0.15) is 0 Å². The van der Waals surface area contributed by atoms with E-state index in [1.807, 2.05) is 42.6 Å². The summed E-state index contributed by atoms with van der Waals surface area (Å²) in [5.41, 5.74) is 6.75. The predicted octanol–water partition coefficient (Wildman–Crippen LogP) is 9.27. The number of para-hydroxylation sites is 1. The quantitative estimate of drug-likeness (QED) is 0.170. The molecule has 6 rings (SSSR count). The first-order valence-electron chi connectivity index (χ1n) is 13.0. The molecular weight excluding hydrogens is 572 g/mol. The Morgan fingerprint density at radius 3 is 2.62 bits per heavy atom. The molecule has 1 aliphatic heterocycles. The highest BCUT2D eigenvalue weighted by atomic mass is 79.9. The van der Waals surface area contributed by atoms with Crippen LogP contribution in [0.5, 0.6) is 11.5 Å². The standard InChI is InChI=1S/C33H28BrClN2O2/c1-38-31-18-22(17-29(34)33(31)39-20-21-9-13-24(35)14-10-21)19-36-25-15-11-23(12-16-25)32-28-7-4-6-26(28)27-5-2-3-8-30(27)37-32/h2-6,8-19,26,28,32,37H,7,20H2,1H3/t26-,28-,32+/m1/s1. The second kappa shape index (κ2) is 11.3. The van der Waals surface area contributed by atoms with E-state index in [-0.39, 0.29) is 6.04 Å². The molecule has 2 aliphatic rings. The smallest absolute Gasteiger partial charge is 0.175 e. The van der Waals surface area contributed by atoms with Gasteiger partial charge in [-0.05, 0) is 93.0 Å². The number of rotatable bonds is 7. The molecule has 1 heterocycles. The van der Waals surface area contributed by atoms with Gasteiger partial charge in [-0.25, -0.2) is 0 Å². The molecule has 4 nitrogen and oxygen atoms in total. The first-order chi connectivity index (χ1) is 19.1. The third-order valence-corrected chi connectivity index (χ3v) is 8.28. The van der Waals surface area contributed by atoms with Crippen molar-refractivity contribution in [2.45, 2.75) is 25.0 Å². The summed E-state index contributed by atoms with van der Waals surface area (Å²) in [5.74, 6) is 2.28. The molecule has 0 saturated heterocycles. The van der Waals surface area contributed by atoms with Crippen molar-refractivity contribution in [3.05, 3.63) is 129 Å². The maximum Gasteiger partial charge on any atom is 0.175 e. The Bertz CT molecular complexity index is 1530. The monoisotopic (exact) mass is 598 g/mol. The Hall–Kier alpha value is -3.54. The first-order valence-corrected chi connectivity index (χ1v) is 14.2. The molecule has 6 heteroatoms. The summed E-state index contributed by atoms with van der Waals surface area (Å²) in [7, 11) is 1.64. The minimum Gasteiger partial charge on any atom is -0.493 e. The van der Waals surface area contributed by atoms with E-state index in [0.29, 0.717) is 35.0 Å². The van der Waals surface area contributed by atoms with Crippen molar-refractivity contribution in [2.24, 2.45) is 10.9 Å². The van der Waals surface area contributed by atoms with Crippen molar-refractivity contribution >= 4 is 45.1 Å². The summed E-state index contributed by atoms with van der Waals surface area (Å²) >= 11 is 9.62. The summed E-state index contributed by atoms with van der Waals surface area (Å²) < 4.78 is 12.5. The molecular formula is C33H28BrClN2O2. The van der Waals surface area contributed by atoms with Gasteiger partial charge in [0.05, 0.1) is 23.3 Å². The summed E-state index contributed by atoms with van der Waals surface area (Å²) in [6.45, 7) is 0.408. The number of anilines is 1. The third kappa shape index (κ3) is 5.47. The number of halogens is 2. The number of aliphatic imine (C=N–C) groups is 1. The molecule has 4 aromatic carbocycles. The van der Waals surface area contributed by atoms with Gasteiger partial charge in [0.15, 0.2) is 11.5 Å². The van der Waals surface area contributed by atoms with Crippen molar-refractivity contribution in [1.29, 1.82) is 0 Å². The summed E-state index contributed by atoms with van der Waals surface area (Å²) in [6.07, 6.45) is 7.63. The van der Waals surface area contributed by atoms with E-state index in [1.165, 1.54) is 16.8 Å². The van der Waals surface area contributed by atoms with Crippen LogP contribution in [0.15, 0.2) is 107 Å². The van der Waals surface area contributed by atoms with E-state index < -0.39 is 0 Å². The molecule has 4 aromatic rings. The molecule has 0 unspecified atom stereocenters. The maximum absolute atomic E-state index is 6.06. The van der Waals surface area contributed by atoms with Gasteiger partial charge in [-0.15, -0.1) is 0 Å². The Balaban J connectivity index is 1.16. The van der Waals surface area contributed by atoms with E-state index in [2.05, 4.69) is 81.9 Å². The van der Waals surface area contributed by atoms with Gasteiger partial charge < -0.3 is 14.8 Å². The first kappa shape index (κ1) is 25.7. The van der Waals surface area contributed by atoms with Gasteiger partial charge in [0.25, 0.3) is 0 Å². The van der Waals surface area contributed by atoms with Crippen molar-refractivity contribution in [3.8, 4) is 11.5 Å². The van der Waals surface area contributed by atoms with Crippen LogP contribution in [0.2, 0.25) is 5.02 Å². The lowest BCUT2D eigenvalue weighted by Crippen LogP contribution is -2.28. The molecule has 0 radical (unpaired) electrons. The fourth-order valence-corrected chi connectivity index (χ4v) is 6.18. The van der Waals surface area contributed by atoms with E-state index in [4.69, 9.17) is 26.1 Å². The number of allylic oxidation sites excluding steroid dienone is 2. The van der Waals surface area contributed by atoms with Crippen LogP contribution >= 0.6 is 27.5 Å². The zero-order valence-electron chi connectivity index (χ0n) is 21.5. The number of nitrogens with zero attached hydrogens (tertiary/aromatic N) is 1. The Labute approximate surface area is 242 Å². The lowest BCUT2D eigenvalue weighted by Gasteiger charge is -2.37. The minimum atomic E-state index is 0.276. The molecule has 39 heavy (non-hydrogen) atoms. The molecule has 0 fully saturated rings. The van der Waals surface area contributed by atoms with Crippen LogP contribution in [0.1, 0.15) is 40.6 Å². The molecule has 0 amide bonds. The normalized spacial score (nSPS) is 19.4. The Morgan fingerprint density at radius 1 is 1.03 bits per heavy atom. The van der Waals surface area contributed by atoms with Gasteiger partial charge in [0.1, 0.15) is 6.61 Å². The van der Waals surface area contributed by atoms with Crippen molar-refractivity contribution < 1.29 is 9.47 Å². The molecule has 0 aromatic heterocycles. The van der Waals surface area contributed by atoms with Gasteiger partial charge >= 0.3 is 0 Å². The van der Waals surface area contributed by atoms with Crippen LogP contribution in [-0.4, -0.2) is 13.3 Å². The number of nitrogens with one attached hydrogen (secondary N) is 1. The van der Waals surface area contributed by atoms with E-state index >= 15 is 0 Å².